The summed E-state index contributed by atoms with van der Waals surface area (Å²) in [6.07, 6.45) is 1.80. The van der Waals surface area contributed by atoms with Crippen molar-refractivity contribution in [2.75, 3.05) is 18.4 Å². The van der Waals surface area contributed by atoms with Gasteiger partial charge in [-0.3, -0.25) is 4.79 Å². The molecule has 0 aromatic heterocycles. The second-order valence-corrected chi connectivity index (χ2v) is 7.05. The highest BCUT2D eigenvalue weighted by atomic mass is 32.2. The summed E-state index contributed by atoms with van der Waals surface area (Å²) in [7, 11) is -3.79. The van der Waals surface area contributed by atoms with E-state index in [1.165, 1.54) is 12.1 Å². The summed E-state index contributed by atoms with van der Waals surface area (Å²) in [6, 6.07) is 2.94. The molecule has 1 aliphatic rings. The molecule has 1 aliphatic heterocycles. The van der Waals surface area contributed by atoms with E-state index in [4.69, 9.17) is 5.14 Å². The number of rotatable bonds is 3. The number of piperidine rings is 1. The van der Waals surface area contributed by atoms with Gasteiger partial charge in [-0.1, -0.05) is 0 Å². The summed E-state index contributed by atoms with van der Waals surface area (Å²) in [5, 5.41) is 11.2. The summed E-state index contributed by atoms with van der Waals surface area (Å²) >= 11 is 0. The van der Waals surface area contributed by atoms with Gasteiger partial charge in [0.2, 0.25) is 15.9 Å². The van der Waals surface area contributed by atoms with Gasteiger partial charge in [0.05, 0.1) is 10.8 Å². The number of amides is 1. The number of primary sulfonamides is 1. The summed E-state index contributed by atoms with van der Waals surface area (Å²) < 4.78 is 23.0. The summed E-state index contributed by atoms with van der Waals surface area (Å²) in [5.74, 6) is -0.173. The molecule has 116 valence electrons. The van der Waals surface area contributed by atoms with E-state index in [1.54, 1.807) is 6.92 Å². The molecule has 4 N–H and O–H groups in total. The molecule has 6 nitrogen and oxygen atoms in total. The van der Waals surface area contributed by atoms with E-state index in [0.29, 0.717) is 12.2 Å². The van der Waals surface area contributed by atoms with Gasteiger partial charge in [-0.25, -0.2) is 13.6 Å². The molecule has 1 aromatic rings. The topological polar surface area (TPSA) is 101 Å². The minimum atomic E-state index is -3.79. The predicted molar refractivity (Wildman–Crippen MR) is 81.5 cm³/mol. The van der Waals surface area contributed by atoms with Gasteiger partial charge in [0.1, 0.15) is 0 Å². The molecule has 21 heavy (non-hydrogen) atoms. The van der Waals surface area contributed by atoms with E-state index in [1.807, 2.05) is 6.92 Å². The third-order valence-electron chi connectivity index (χ3n) is 3.89. The molecule has 1 atom stereocenters. The minimum absolute atomic E-state index is 0.0164. The zero-order chi connectivity index (χ0) is 15.6. The first-order valence-electron chi connectivity index (χ1n) is 6.94. The molecule has 0 aliphatic carbocycles. The van der Waals surface area contributed by atoms with Gasteiger partial charge in [-0.15, -0.1) is 0 Å². The van der Waals surface area contributed by atoms with Crippen LogP contribution in [0, 0.1) is 19.8 Å². The molecular formula is C14H21N3O3S. The Hall–Kier alpha value is -1.44. The Morgan fingerprint density at radius 3 is 2.67 bits per heavy atom. The van der Waals surface area contributed by atoms with Gasteiger partial charge in [0, 0.05) is 12.2 Å². The summed E-state index contributed by atoms with van der Waals surface area (Å²) in [6.45, 7) is 5.22. The van der Waals surface area contributed by atoms with E-state index < -0.39 is 10.0 Å². The average Bonchev–Trinajstić information content (AvgIpc) is 2.43. The fourth-order valence-electron chi connectivity index (χ4n) is 2.43. The number of aryl methyl sites for hydroxylation is 1. The smallest absolute Gasteiger partial charge is 0.238 e. The van der Waals surface area contributed by atoms with Crippen molar-refractivity contribution < 1.29 is 13.2 Å². The van der Waals surface area contributed by atoms with Crippen LogP contribution in [0.1, 0.15) is 24.0 Å². The first-order chi connectivity index (χ1) is 9.79. The first-order valence-corrected chi connectivity index (χ1v) is 8.49. The van der Waals surface area contributed by atoms with Crippen molar-refractivity contribution in [2.45, 2.75) is 31.6 Å². The second-order valence-electron chi connectivity index (χ2n) is 5.49. The van der Waals surface area contributed by atoms with Crippen LogP contribution in [0.3, 0.4) is 0 Å². The number of carbonyl (C=O) groups excluding carboxylic acids is 1. The van der Waals surface area contributed by atoms with Crippen molar-refractivity contribution in [2.24, 2.45) is 11.1 Å². The van der Waals surface area contributed by atoms with Crippen molar-refractivity contribution >= 4 is 21.6 Å². The van der Waals surface area contributed by atoms with Gasteiger partial charge in [0.15, 0.2) is 0 Å². The molecular weight excluding hydrogens is 290 g/mol. The molecule has 1 fully saturated rings. The van der Waals surface area contributed by atoms with Crippen LogP contribution in [0.25, 0.3) is 0 Å². The Morgan fingerprint density at radius 2 is 2.10 bits per heavy atom. The largest absolute Gasteiger partial charge is 0.326 e. The number of anilines is 1. The maximum absolute atomic E-state index is 12.3. The van der Waals surface area contributed by atoms with Crippen molar-refractivity contribution in [3.8, 4) is 0 Å². The van der Waals surface area contributed by atoms with Crippen LogP contribution in [0.4, 0.5) is 5.69 Å². The molecule has 1 unspecified atom stereocenters. The Labute approximate surface area is 125 Å². The molecule has 1 aromatic carbocycles. The molecule has 2 rings (SSSR count). The highest BCUT2D eigenvalue weighted by Gasteiger charge is 2.22. The SMILES string of the molecule is Cc1cc(S(N)(=O)=O)cc(NC(=O)C2CCCNC2)c1C. The summed E-state index contributed by atoms with van der Waals surface area (Å²) in [4.78, 5) is 12.3. The fourth-order valence-corrected chi connectivity index (χ4v) is 3.05. The number of nitrogens with one attached hydrogen (secondary N) is 2. The lowest BCUT2D eigenvalue weighted by Crippen LogP contribution is -2.37. The van der Waals surface area contributed by atoms with Crippen molar-refractivity contribution in [3.05, 3.63) is 23.3 Å². The van der Waals surface area contributed by atoms with E-state index in [2.05, 4.69) is 10.6 Å². The van der Waals surface area contributed by atoms with Crippen LogP contribution in [0.5, 0.6) is 0 Å². The maximum atomic E-state index is 12.3. The minimum Gasteiger partial charge on any atom is -0.326 e. The van der Waals surface area contributed by atoms with Crippen molar-refractivity contribution in [3.63, 3.8) is 0 Å². The van der Waals surface area contributed by atoms with Crippen LogP contribution in [-0.2, 0) is 14.8 Å². The second kappa shape index (κ2) is 6.13. The standard InChI is InChI=1S/C14H21N3O3S/c1-9-6-12(21(15,19)20)7-13(10(9)2)17-14(18)11-4-3-5-16-8-11/h6-7,11,16H,3-5,8H2,1-2H3,(H,17,18)(H2,15,19,20). The number of nitrogens with two attached hydrogens (primary N) is 1. The number of benzene rings is 1. The lowest BCUT2D eigenvalue weighted by Gasteiger charge is -2.22. The highest BCUT2D eigenvalue weighted by Crippen LogP contribution is 2.24. The van der Waals surface area contributed by atoms with Crippen LogP contribution in [0.2, 0.25) is 0 Å². The normalized spacial score (nSPS) is 19.3. The van der Waals surface area contributed by atoms with Crippen LogP contribution in [0.15, 0.2) is 17.0 Å². The van der Waals surface area contributed by atoms with E-state index in [9.17, 15) is 13.2 Å². The average molecular weight is 311 g/mol. The van der Waals surface area contributed by atoms with Gasteiger partial charge in [-0.05, 0) is 56.5 Å². The van der Waals surface area contributed by atoms with E-state index >= 15 is 0 Å². The third-order valence-corrected chi connectivity index (χ3v) is 4.79. The van der Waals surface area contributed by atoms with E-state index in [0.717, 1.165) is 30.5 Å². The Bertz CT molecular complexity index is 650. The quantitative estimate of drug-likeness (QED) is 0.771. The highest BCUT2D eigenvalue weighted by molar-refractivity contribution is 7.89. The monoisotopic (exact) mass is 311 g/mol. The lowest BCUT2D eigenvalue weighted by molar-refractivity contribution is -0.120. The van der Waals surface area contributed by atoms with Gasteiger partial charge in [0.25, 0.3) is 0 Å². The molecule has 1 saturated heterocycles. The third kappa shape index (κ3) is 3.81. The number of hydrogen-bond donors (Lipinski definition) is 3. The van der Waals surface area contributed by atoms with Crippen LogP contribution >= 0.6 is 0 Å². The van der Waals surface area contributed by atoms with Crippen LogP contribution < -0.4 is 15.8 Å². The zero-order valence-corrected chi connectivity index (χ0v) is 13.1. The van der Waals surface area contributed by atoms with Gasteiger partial charge in [-0.2, -0.15) is 0 Å². The molecule has 1 heterocycles. The van der Waals surface area contributed by atoms with Crippen molar-refractivity contribution in [1.82, 2.24) is 5.32 Å². The Kier molecular flexibility index (Phi) is 4.65. The number of hydrogen-bond acceptors (Lipinski definition) is 4. The molecule has 0 spiro atoms. The lowest BCUT2D eigenvalue weighted by atomic mass is 9.98. The van der Waals surface area contributed by atoms with Gasteiger partial charge < -0.3 is 10.6 Å². The fraction of sp³-hybridized carbons (Fsp3) is 0.500. The first kappa shape index (κ1) is 15.9. The number of carbonyl (C=O) groups is 1. The Balaban J connectivity index is 2.26. The zero-order valence-electron chi connectivity index (χ0n) is 12.3. The molecule has 0 saturated carbocycles. The van der Waals surface area contributed by atoms with Gasteiger partial charge >= 0.3 is 0 Å². The summed E-state index contributed by atoms with van der Waals surface area (Å²) in [5.41, 5.74) is 2.13. The predicted octanol–water partition coefficient (Wildman–Crippen LogP) is 0.889. The maximum Gasteiger partial charge on any atom is 0.238 e. The molecule has 7 heteroatoms. The Morgan fingerprint density at radius 1 is 1.38 bits per heavy atom. The number of sulfonamides is 1. The molecule has 1 amide bonds. The molecule has 0 radical (unpaired) electrons. The molecule has 0 bridgehead atoms. The van der Waals surface area contributed by atoms with Crippen LogP contribution in [-0.4, -0.2) is 27.4 Å². The van der Waals surface area contributed by atoms with E-state index in [-0.39, 0.29) is 16.7 Å². The van der Waals surface area contributed by atoms with Crippen molar-refractivity contribution in [1.29, 1.82) is 0 Å².